The number of likely N-dealkylation sites (tertiary alicyclic amines) is 1. The van der Waals surface area contributed by atoms with Crippen molar-refractivity contribution < 1.29 is 9.53 Å². The number of carbonyl (C=O) groups excluding carboxylic acids is 1. The van der Waals surface area contributed by atoms with E-state index in [1.54, 1.807) is 4.68 Å². The van der Waals surface area contributed by atoms with Crippen LogP contribution in [0.15, 0.2) is 17.4 Å². The van der Waals surface area contributed by atoms with Gasteiger partial charge in [0.25, 0.3) is 0 Å². The van der Waals surface area contributed by atoms with E-state index in [1.165, 1.54) is 12.7 Å². The summed E-state index contributed by atoms with van der Waals surface area (Å²) in [7, 11) is 3.36. The van der Waals surface area contributed by atoms with Gasteiger partial charge in [-0.1, -0.05) is 6.92 Å². The van der Waals surface area contributed by atoms with Gasteiger partial charge in [0.05, 0.1) is 19.2 Å². The molecule has 1 aliphatic rings. The van der Waals surface area contributed by atoms with Gasteiger partial charge < -0.3 is 15.0 Å². The van der Waals surface area contributed by atoms with Crippen LogP contribution in [0.1, 0.15) is 19.4 Å². The summed E-state index contributed by atoms with van der Waals surface area (Å²) in [5.74, 6) is 0.924. The first kappa shape index (κ1) is 17.3. The molecule has 0 spiro atoms. The summed E-state index contributed by atoms with van der Waals surface area (Å²) in [5.41, 5.74) is 1.18. The average Bonchev–Trinajstić information content (AvgIpc) is 3.11. The number of esters is 1. The van der Waals surface area contributed by atoms with Crippen molar-refractivity contribution in [3.8, 4) is 0 Å². The second-order valence-electron chi connectivity index (χ2n) is 6.02. The third kappa shape index (κ3) is 4.46. The normalized spacial score (nSPS) is 21.6. The van der Waals surface area contributed by atoms with Gasteiger partial charge in [0.15, 0.2) is 5.96 Å². The molecule has 0 radical (unpaired) electrons. The Balaban J connectivity index is 1.97. The van der Waals surface area contributed by atoms with E-state index in [-0.39, 0.29) is 17.8 Å². The number of methoxy groups -OCH3 is 1. The first-order valence-electron chi connectivity index (χ1n) is 8.13. The lowest BCUT2D eigenvalue weighted by Crippen LogP contribution is -2.40. The Labute approximate surface area is 137 Å². The van der Waals surface area contributed by atoms with Crippen LogP contribution in [-0.4, -0.2) is 59.9 Å². The van der Waals surface area contributed by atoms with Gasteiger partial charge in [0.1, 0.15) is 0 Å². The van der Waals surface area contributed by atoms with Crippen LogP contribution in [0, 0.1) is 11.8 Å². The van der Waals surface area contributed by atoms with Crippen molar-refractivity contribution in [2.24, 2.45) is 23.9 Å². The molecule has 7 heteroatoms. The molecule has 2 unspecified atom stereocenters. The van der Waals surface area contributed by atoms with Gasteiger partial charge >= 0.3 is 5.97 Å². The quantitative estimate of drug-likeness (QED) is 0.490. The van der Waals surface area contributed by atoms with Gasteiger partial charge in [-0.2, -0.15) is 5.10 Å². The largest absolute Gasteiger partial charge is 0.469 e. The maximum Gasteiger partial charge on any atom is 0.310 e. The molecule has 23 heavy (non-hydrogen) atoms. The van der Waals surface area contributed by atoms with E-state index < -0.39 is 0 Å². The minimum absolute atomic E-state index is 0.0813. The number of hydrogen-bond acceptors (Lipinski definition) is 4. The molecular formula is C16H27N5O2. The zero-order valence-corrected chi connectivity index (χ0v) is 14.5. The smallest absolute Gasteiger partial charge is 0.310 e. The molecule has 2 heterocycles. The van der Waals surface area contributed by atoms with Gasteiger partial charge in [0, 0.05) is 39.4 Å². The van der Waals surface area contributed by atoms with Crippen LogP contribution in [0.25, 0.3) is 0 Å². The number of nitrogens with zero attached hydrogens (tertiary/aromatic N) is 4. The molecule has 1 aromatic rings. The first-order chi connectivity index (χ1) is 11.0. The monoisotopic (exact) mass is 321 g/mol. The molecule has 0 bridgehead atoms. The van der Waals surface area contributed by atoms with Gasteiger partial charge in [0.2, 0.25) is 0 Å². The second-order valence-corrected chi connectivity index (χ2v) is 6.02. The molecule has 0 saturated carbocycles. The molecule has 1 saturated heterocycles. The Morgan fingerprint density at radius 2 is 2.30 bits per heavy atom. The fraction of sp³-hybridized carbons (Fsp3) is 0.688. The molecule has 1 aromatic heterocycles. The van der Waals surface area contributed by atoms with Crippen molar-refractivity contribution in [2.75, 3.05) is 33.3 Å². The summed E-state index contributed by atoms with van der Waals surface area (Å²) in [5, 5.41) is 7.48. The second kappa shape index (κ2) is 7.99. The lowest BCUT2D eigenvalue weighted by molar-refractivity contribution is -0.145. The van der Waals surface area contributed by atoms with Gasteiger partial charge in [-0.05, 0) is 24.8 Å². The lowest BCUT2D eigenvalue weighted by atomic mass is 9.99. The van der Waals surface area contributed by atoms with Crippen molar-refractivity contribution >= 4 is 11.9 Å². The molecule has 0 aliphatic carbocycles. The molecule has 128 valence electrons. The molecular weight excluding hydrogens is 294 g/mol. The SMILES string of the molecule is CCNC(=NCCc1cnn(C)c1)N1CC(C)C(C(=O)OC)C1. The molecule has 7 nitrogen and oxygen atoms in total. The number of guanidine groups is 1. The number of ether oxygens (including phenoxy) is 1. The summed E-state index contributed by atoms with van der Waals surface area (Å²) >= 11 is 0. The molecule has 1 aliphatic heterocycles. The van der Waals surface area contributed by atoms with E-state index in [4.69, 9.17) is 9.73 Å². The third-order valence-electron chi connectivity index (χ3n) is 4.17. The van der Waals surface area contributed by atoms with Crippen molar-refractivity contribution in [1.82, 2.24) is 20.0 Å². The molecule has 0 aromatic carbocycles. The molecule has 0 amide bonds. The van der Waals surface area contributed by atoms with E-state index >= 15 is 0 Å². The molecule has 2 rings (SSSR count). The number of rotatable bonds is 5. The Kier molecular flexibility index (Phi) is 6.01. The summed E-state index contributed by atoms with van der Waals surface area (Å²) in [4.78, 5) is 18.7. The predicted octanol–water partition coefficient (Wildman–Crippen LogP) is 0.669. The minimum atomic E-state index is -0.133. The van der Waals surface area contributed by atoms with Crippen LogP contribution in [-0.2, 0) is 23.0 Å². The number of nitrogens with one attached hydrogen (secondary N) is 1. The summed E-state index contributed by atoms with van der Waals surface area (Å²) in [6, 6.07) is 0. The van der Waals surface area contributed by atoms with Crippen LogP contribution in [0.2, 0.25) is 0 Å². The summed E-state index contributed by atoms with van der Waals surface area (Å²) < 4.78 is 6.70. The van der Waals surface area contributed by atoms with Crippen molar-refractivity contribution in [3.05, 3.63) is 18.0 Å². The van der Waals surface area contributed by atoms with E-state index in [2.05, 4.69) is 22.2 Å². The highest BCUT2D eigenvalue weighted by Gasteiger charge is 2.36. The van der Waals surface area contributed by atoms with Crippen LogP contribution >= 0.6 is 0 Å². The first-order valence-corrected chi connectivity index (χ1v) is 8.13. The number of hydrogen-bond donors (Lipinski definition) is 1. The Morgan fingerprint density at radius 3 is 2.91 bits per heavy atom. The van der Waals surface area contributed by atoms with Crippen LogP contribution < -0.4 is 5.32 Å². The van der Waals surface area contributed by atoms with Crippen LogP contribution in [0.3, 0.4) is 0 Å². The highest BCUT2D eigenvalue weighted by molar-refractivity contribution is 5.82. The number of carbonyl (C=O) groups is 1. The topological polar surface area (TPSA) is 71.8 Å². The molecule has 1 fully saturated rings. The summed E-state index contributed by atoms with van der Waals surface area (Å²) in [6.07, 6.45) is 4.73. The van der Waals surface area contributed by atoms with Crippen molar-refractivity contribution in [3.63, 3.8) is 0 Å². The minimum Gasteiger partial charge on any atom is -0.469 e. The third-order valence-corrected chi connectivity index (χ3v) is 4.17. The van der Waals surface area contributed by atoms with Crippen LogP contribution in [0.5, 0.6) is 0 Å². The fourth-order valence-electron chi connectivity index (χ4n) is 2.92. The highest BCUT2D eigenvalue weighted by Crippen LogP contribution is 2.24. The molecule has 1 N–H and O–H groups in total. The van der Waals surface area contributed by atoms with E-state index in [0.29, 0.717) is 13.1 Å². The maximum atomic E-state index is 11.8. The maximum absolute atomic E-state index is 11.8. The number of aliphatic imine (C=N–C) groups is 1. The predicted molar refractivity (Wildman–Crippen MR) is 89.1 cm³/mol. The number of aromatic nitrogens is 2. The molecule has 2 atom stereocenters. The zero-order chi connectivity index (χ0) is 16.8. The van der Waals surface area contributed by atoms with Gasteiger partial charge in [-0.15, -0.1) is 0 Å². The lowest BCUT2D eigenvalue weighted by Gasteiger charge is -2.21. The Morgan fingerprint density at radius 1 is 1.52 bits per heavy atom. The average molecular weight is 321 g/mol. The fourth-order valence-corrected chi connectivity index (χ4v) is 2.92. The van der Waals surface area contributed by atoms with E-state index in [0.717, 1.165) is 25.5 Å². The van der Waals surface area contributed by atoms with Crippen molar-refractivity contribution in [2.45, 2.75) is 20.3 Å². The van der Waals surface area contributed by atoms with Crippen molar-refractivity contribution in [1.29, 1.82) is 0 Å². The number of aryl methyl sites for hydroxylation is 1. The standard InChI is InChI=1S/C16H27N5O2/c1-5-17-16(18-7-6-13-8-19-20(3)10-13)21-9-12(2)14(11-21)15(22)23-4/h8,10,12,14H,5-7,9,11H2,1-4H3,(H,17,18). The highest BCUT2D eigenvalue weighted by atomic mass is 16.5. The van der Waals surface area contributed by atoms with Crippen LogP contribution in [0.4, 0.5) is 0 Å². The Hall–Kier alpha value is -2.05. The zero-order valence-electron chi connectivity index (χ0n) is 14.5. The van der Waals surface area contributed by atoms with Gasteiger partial charge in [-0.3, -0.25) is 14.5 Å². The van der Waals surface area contributed by atoms with E-state index in [9.17, 15) is 4.79 Å². The van der Waals surface area contributed by atoms with E-state index in [1.807, 2.05) is 26.4 Å². The summed E-state index contributed by atoms with van der Waals surface area (Å²) in [6.45, 7) is 7.11. The Bertz CT molecular complexity index is 554. The van der Waals surface area contributed by atoms with Gasteiger partial charge in [-0.25, -0.2) is 0 Å².